The second-order valence-electron chi connectivity index (χ2n) is 13.1. The van der Waals surface area contributed by atoms with E-state index in [4.69, 9.17) is 16.1 Å². The van der Waals surface area contributed by atoms with E-state index >= 15 is 0 Å². The fourth-order valence-corrected chi connectivity index (χ4v) is 7.77. The number of hydrogen-bond donors (Lipinski definition) is 2. The number of quaternary nitrogens is 1. The largest absolute Gasteiger partial charge is 0.452 e. The average Bonchev–Trinajstić information content (AvgIpc) is 3.71. The highest BCUT2D eigenvalue weighted by Gasteiger charge is 2.41. The van der Waals surface area contributed by atoms with E-state index in [1.54, 1.807) is 4.57 Å². The molecule has 270 valence electrons. The average molecular weight is 712 g/mol. The molecule has 12 nitrogen and oxygen atoms in total. The minimum atomic E-state index is -4.42. The Morgan fingerprint density at radius 2 is 1.58 bits per heavy atom. The van der Waals surface area contributed by atoms with Gasteiger partial charge in [-0.3, -0.25) is 0 Å². The third kappa shape index (κ3) is 9.48. The molecular weight excluding hydrogens is 656 g/mol. The van der Waals surface area contributed by atoms with Crippen molar-refractivity contribution < 1.29 is 32.1 Å². The van der Waals surface area contributed by atoms with Crippen LogP contribution in [0.5, 0.6) is 0 Å². The molecule has 0 bridgehead atoms. The van der Waals surface area contributed by atoms with E-state index in [1.165, 1.54) is 88.4 Å². The lowest BCUT2D eigenvalue weighted by molar-refractivity contribution is -0.929. The van der Waals surface area contributed by atoms with Gasteiger partial charge in [-0.1, -0.05) is 70.1 Å². The smallest absolute Gasteiger partial charge is 0.420 e. The Morgan fingerprint density at radius 1 is 1.04 bits per heavy atom. The van der Waals surface area contributed by atoms with Crippen molar-refractivity contribution in [3.8, 4) is 11.3 Å². The molecule has 1 aliphatic carbocycles. The van der Waals surface area contributed by atoms with Crippen molar-refractivity contribution in [1.29, 1.82) is 0 Å². The lowest BCUT2D eigenvalue weighted by atomic mass is 10.1. The Labute approximate surface area is 291 Å². The van der Waals surface area contributed by atoms with E-state index in [-0.39, 0.29) is 39.0 Å². The number of halogens is 1. The zero-order chi connectivity index (χ0) is 35.5. The molecule has 0 aliphatic heterocycles. The fraction of sp³-hybridized carbons (Fsp3) is 0.706. The Bertz CT molecular complexity index is 1550. The maximum atomic E-state index is 13.1. The molecule has 1 fully saturated rings. The summed E-state index contributed by atoms with van der Waals surface area (Å²) in [6, 6.07) is -0.146. The van der Waals surface area contributed by atoms with E-state index in [1.807, 2.05) is 18.6 Å². The first-order valence-corrected chi connectivity index (χ1v) is 19.4. The van der Waals surface area contributed by atoms with Crippen LogP contribution in [0, 0.1) is 0 Å². The molecule has 0 saturated heterocycles. The first-order valence-electron chi connectivity index (χ1n) is 17.5. The second-order valence-corrected chi connectivity index (χ2v) is 15.0. The van der Waals surface area contributed by atoms with E-state index in [0.29, 0.717) is 16.7 Å². The summed E-state index contributed by atoms with van der Waals surface area (Å²) in [6.45, 7) is 18.3. The van der Waals surface area contributed by atoms with E-state index in [2.05, 4.69) is 47.6 Å². The van der Waals surface area contributed by atoms with Crippen molar-refractivity contribution in [3.63, 3.8) is 0 Å². The van der Waals surface area contributed by atoms with Crippen LogP contribution in [-0.4, -0.2) is 77.1 Å². The molecule has 0 radical (unpaired) electrons. The standard InChI is InChI=1S/C18H20ClN5O6S.C16H36N/c1-8(2)24-10(6-25)11(12-16(19)20-7-21-17(12)24)13-15(14(30-22-13)9-4-5-9)31(27,28)23-18(26)29-3;1-5-9-13-17(14-10-6-2,15-11-7-3)16-12-8-4/h7-9,25H,4-6H2,1-3H3,(H,23,26);5-16H2,1-4H3/q;+1. The number of aromatic nitrogens is 4. The van der Waals surface area contributed by atoms with Gasteiger partial charge in [-0.05, 0) is 52.4 Å². The lowest BCUT2D eigenvalue weighted by Gasteiger charge is -2.39. The molecule has 3 aromatic heterocycles. The summed E-state index contributed by atoms with van der Waals surface area (Å²) >= 11 is 6.37. The molecule has 3 heterocycles. The number of methoxy groups -OCH3 is 1. The molecule has 14 heteroatoms. The number of rotatable bonds is 18. The topological polar surface area (TPSA) is 149 Å². The summed E-state index contributed by atoms with van der Waals surface area (Å²) in [6.07, 6.45) is 12.6. The number of aliphatic hydroxyl groups excluding tert-OH is 1. The number of fused-ring (bicyclic) bond motifs is 1. The number of unbranched alkanes of at least 4 members (excludes halogenated alkanes) is 4. The predicted molar refractivity (Wildman–Crippen MR) is 188 cm³/mol. The van der Waals surface area contributed by atoms with Crippen LogP contribution in [0.15, 0.2) is 15.7 Å². The molecule has 0 aromatic carbocycles. The van der Waals surface area contributed by atoms with Gasteiger partial charge in [-0.15, -0.1) is 0 Å². The lowest BCUT2D eigenvalue weighted by Crippen LogP contribution is -2.50. The quantitative estimate of drug-likeness (QED) is 0.0998. The van der Waals surface area contributed by atoms with Gasteiger partial charge in [0.2, 0.25) is 0 Å². The van der Waals surface area contributed by atoms with Crippen molar-refractivity contribution >= 4 is 38.8 Å². The number of ether oxygens (including phenoxy) is 1. The van der Waals surface area contributed by atoms with Gasteiger partial charge in [0.15, 0.2) is 10.7 Å². The predicted octanol–water partition coefficient (Wildman–Crippen LogP) is 7.74. The van der Waals surface area contributed by atoms with E-state index in [9.17, 15) is 18.3 Å². The van der Waals surface area contributed by atoms with Crippen molar-refractivity contribution in [3.05, 3.63) is 22.9 Å². The Kier molecular flexibility index (Phi) is 15.1. The van der Waals surface area contributed by atoms with Crippen LogP contribution in [0.3, 0.4) is 0 Å². The minimum absolute atomic E-state index is 0.0642. The Hall–Kier alpha value is -2.74. The Balaban J connectivity index is 0.000000315. The molecule has 1 amide bonds. The number of aliphatic hydroxyl groups is 1. The minimum Gasteiger partial charge on any atom is -0.452 e. The molecule has 2 N–H and O–H groups in total. The van der Waals surface area contributed by atoms with Crippen molar-refractivity contribution in [2.45, 2.75) is 129 Å². The van der Waals surface area contributed by atoms with Gasteiger partial charge in [0.1, 0.15) is 22.8 Å². The molecule has 0 spiro atoms. The van der Waals surface area contributed by atoms with Gasteiger partial charge in [-0.2, -0.15) is 0 Å². The highest BCUT2D eigenvalue weighted by molar-refractivity contribution is 7.90. The van der Waals surface area contributed by atoms with Crippen LogP contribution in [0.25, 0.3) is 22.3 Å². The van der Waals surface area contributed by atoms with Crippen LogP contribution < -0.4 is 4.72 Å². The van der Waals surface area contributed by atoms with Crippen LogP contribution >= 0.6 is 11.6 Å². The molecular formula is C34H56ClN6O6S+. The van der Waals surface area contributed by atoms with Gasteiger partial charge in [0, 0.05) is 17.5 Å². The molecule has 0 atom stereocenters. The molecule has 48 heavy (non-hydrogen) atoms. The first-order chi connectivity index (χ1) is 22.9. The van der Waals surface area contributed by atoms with Gasteiger partial charge in [-0.25, -0.2) is 27.9 Å². The summed E-state index contributed by atoms with van der Waals surface area (Å²) < 4.78 is 41.1. The molecule has 1 saturated carbocycles. The third-order valence-electron chi connectivity index (χ3n) is 8.98. The SMILES string of the molecule is CCCC[N+](CCCC)(CCCC)CCCC.COC(=O)NS(=O)(=O)c1c(-c2c(CO)n(C(C)C)c3ncnc(Cl)c23)noc1C1CC1. The van der Waals surface area contributed by atoms with Crippen LogP contribution in [-0.2, 0) is 21.4 Å². The van der Waals surface area contributed by atoms with Crippen LogP contribution in [0.4, 0.5) is 4.79 Å². The number of nitrogens with zero attached hydrogens (tertiary/aromatic N) is 5. The van der Waals surface area contributed by atoms with E-state index in [0.717, 1.165) is 20.0 Å². The molecule has 0 unspecified atom stereocenters. The summed E-state index contributed by atoms with van der Waals surface area (Å²) in [5.41, 5.74) is 0.910. The van der Waals surface area contributed by atoms with E-state index < -0.39 is 22.7 Å². The summed E-state index contributed by atoms with van der Waals surface area (Å²) in [4.78, 5) is 19.7. The Morgan fingerprint density at radius 3 is 2.02 bits per heavy atom. The van der Waals surface area contributed by atoms with Crippen molar-refractivity contribution in [2.75, 3.05) is 33.3 Å². The van der Waals surface area contributed by atoms with Gasteiger partial charge >= 0.3 is 6.09 Å². The summed E-state index contributed by atoms with van der Waals surface area (Å²) in [7, 11) is -3.36. The monoisotopic (exact) mass is 711 g/mol. The van der Waals surface area contributed by atoms with Gasteiger partial charge in [0.05, 0.1) is 51.0 Å². The van der Waals surface area contributed by atoms with Gasteiger partial charge in [0.25, 0.3) is 10.0 Å². The number of carbonyl (C=O) groups is 1. The van der Waals surface area contributed by atoms with Crippen LogP contribution in [0.1, 0.15) is 129 Å². The number of hydrogen-bond acceptors (Lipinski definition) is 9. The molecule has 4 rings (SSSR count). The maximum Gasteiger partial charge on any atom is 0.420 e. The number of nitrogens with one attached hydrogen (secondary N) is 1. The second kappa shape index (κ2) is 18.3. The first kappa shape index (κ1) is 39.7. The number of amides is 1. The van der Waals surface area contributed by atoms with Crippen LogP contribution in [0.2, 0.25) is 5.15 Å². The number of sulfonamides is 1. The summed E-state index contributed by atoms with van der Waals surface area (Å²) in [5, 5.41) is 14.6. The highest BCUT2D eigenvalue weighted by atomic mass is 35.5. The molecule has 3 aromatic rings. The normalized spacial score (nSPS) is 13.5. The zero-order valence-corrected chi connectivity index (χ0v) is 31.4. The fourth-order valence-electron chi connectivity index (χ4n) is 6.28. The highest BCUT2D eigenvalue weighted by Crippen LogP contribution is 2.48. The van der Waals surface area contributed by atoms with Crippen molar-refractivity contribution in [1.82, 2.24) is 24.4 Å². The molecule has 1 aliphatic rings. The van der Waals surface area contributed by atoms with Gasteiger partial charge < -0.3 is 23.4 Å². The zero-order valence-electron chi connectivity index (χ0n) is 29.8. The third-order valence-corrected chi connectivity index (χ3v) is 10.6. The summed E-state index contributed by atoms with van der Waals surface area (Å²) in [5.74, 6) is -0.0121. The van der Waals surface area contributed by atoms with Crippen molar-refractivity contribution in [2.24, 2.45) is 0 Å². The number of carbonyl (C=O) groups excluding carboxylic acids is 1. The maximum absolute atomic E-state index is 13.1.